The molecule has 0 unspecified atom stereocenters. The normalized spacial score (nSPS) is 11.3. The second-order valence-electron chi connectivity index (χ2n) is 12.0. The van der Waals surface area contributed by atoms with Crippen molar-refractivity contribution in [3.8, 4) is 67.5 Å². The summed E-state index contributed by atoms with van der Waals surface area (Å²) in [5.41, 5.74) is 10.1. The Balaban J connectivity index is 1.25. The van der Waals surface area contributed by atoms with Crippen LogP contribution in [0.25, 0.3) is 87.7 Å². The molecule has 0 saturated carbocycles. The third kappa shape index (κ3) is 5.48. The van der Waals surface area contributed by atoms with E-state index >= 15 is 0 Å². The molecule has 3 nitrogen and oxygen atoms in total. The summed E-state index contributed by atoms with van der Waals surface area (Å²) in [6.45, 7) is 0. The number of aromatic nitrogens is 3. The van der Waals surface area contributed by atoms with Crippen LogP contribution in [-0.2, 0) is 0 Å². The van der Waals surface area contributed by atoms with Gasteiger partial charge in [-0.25, -0.2) is 15.0 Å². The van der Waals surface area contributed by atoms with E-state index in [1.165, 1.54) is 48.9 Å². The maximum absolute atomic E-state index is 5.08. The van der Waals surface area contributed by atoms with Gasteiger partial charge in [-0.3, -0.25) is 0 Å². The van der Waals surface area contributed by atoms with Crippen molar-refractivity contribution in [2.45, 2.75) is 0 Å². The molecule has 0 radical (unpaired) electrons. The summed E-state index contributed by atoms with van der Waals surface area (Å²) in [5, 5.41) is 2.42. The average molecular weight is 644 g/mol. The Morgan fingerprint density at radius 1 is 0.286 bits per heavy atom. The number of fused-ring (bicyclic) bond motifs is 3. The van der Waals surface area contributed by atoms with E-state index in [0.29, 0.717) is 17.5 Å². The molecule has 0 aliphatic carbocycles. The SMILES string of the molecule is c1ccc(-c2ccc(-c3cc(-c4ccccc4)c4sc5c(-c6nc(-c7ccccc7)nc(-c7ccccc7)n6)cccc5c4c3)cc2)cc1. The highest BCUT2D eigenvalue weighted by Gasteiger charge is 2.19. The number of nitrogens with zero attached hydrogens (tertiary/aromatic N) is 3. The Morgan fingerprint density at radius 3 is 1.31 bits per heavy atom. The van der Waals surface area contributed by atoms with E-state index in [2.05, 4.69) is 115 Å². The summed E-state index contributed by atoms with van der Waals surface area (Å²) >= 11 is 1.81. The van der Waals surface area contributed by atoms with Gasteiger partial charge < -0.3 is 0 Å². The van der Waals surface area contributed by atoms with Crippen LogP contribution in [0.1, 0.15) is 0 Å². The minimum atomic E-state index is 0.661. The summed E-state index contributed by atoms with van der Waals surface area (Å²) in [7, 11) is 0. The second-order valence-corrected chi connectivity index (χ2v) is 13.1. The first-order valence-corrected chi connectivity index (χ1v) is 17.2. The molecule has 2 heterocycles. The van der Waals surface area contributed by atoms with Crippen molar-refractivity contribution < 1.29 is 0 Å². The zero-order valence-corrected chi connectivity index (χ0v) is 27.3. The molecule has 7 aromatic carbocycles. The zero-order valence-electron chi connectivity index (χ0n) is 26.5. The van der Waals surface area contributed by atoms with Gasteiger partial charge in [0.2, 0.25) is 0 Å². The van der Waals surface area contributed by atoms with Crippen LogP contribution in [0.4, 0.5) is 0 Å². The van der Waals surface area contributed by atoms with Crippen molar-refractivity contribution in [3.63, 3.8) is 0 Å². The molecule has 9 aromatic rings. The van der Waals surface area contributed by atoms with E-state index in [4.69, 9.17) is 15.0 Å². The van der Waals surface area contributed by atoms with Crippen molar-refractivity contribution >= 4 is 31.5 Å². The maximum atomic E-state index is 5.08. The number of thiophene rings is 1. The van der Waals surface area contributed by atoms with Crippen LogP contribution in [0.5, 0.6) is 0 Å². The molecule has 0 aliphatic heterocycles. The van der Waals surface area contributed by atoms with Crippen LogP contribution in [0.2, 0.25) is 0 Å². The fourth-order valence-corrected chi connectivity index (χ4v) is 7.82. The zero-order chi connectivity index (χ0) is 32.6. The third-order valence-corrected chi connectivity index (χ3v) is 10.2. The summed E-state index contributed by atoms with van der Waals surface area (Å²) in [5.74, 6) is 1.99. The molecule has 4 heteroatoms. The van der Waals surface area contributed by atoms with Gasteiger partial charge in [0.25, 0.3) is 0 Å². The average Bonchev–Trinajstić information content (AvgIpc) is 3.58. The molecule has 0 fully saturated rings. The van der Waals surface area contributed by atoms with Crippen LogP contribution < -0.4 is 0 Å². The van der Waals surface area contributed by atoms with Gasteiger partial charge in [0, 0.05) is 42.4 Å². The lowest BCUT2D eigenvalue weighted by Crippen LogP contribution is -2.00. The fourth-order valence-electron chi connectivity index (χ4n) is 6.49. The van der Waals surface area contributed by atoms with Gasteiger partial charge in [0.15, 0.2) is 17.5 Å². The molecule has 230 valence electrons. The summed E-state index contributed by atoms with van der Waals surface area (Å²) in [4.78, 5) is 15.1. The number of hydrogen-bond acceptors (Lipinski definition) is 4. The lowest BCUT2D eigenvalue weighted by molar-refractivity contribution is 1.08. The molecular formula is C45H29N3S. The Kier molecular flexibility index (Phi) is 7.34. The Labute approximate surface area is 288 Å². The monoisotopic (exact) mass is 643 g/mol. The van der Waals surface area contributed by atoms with Gasteiger partial charge in [0.05, 0.1) is 0 Å². The lowest BCUT2D eigenvalue weighted by Gasteiger charge is -2.10. The predicted octanol–water partition coefficient (Wildman–Crippen LogP) is 12.2. The van der Waals surface area contributed by atoms with Gasteiger partial charge in [-0.15, -0.1) is 11.3 Å². The van der Waals surface area contributed by atoms with Gasteiger partial charge in [0.1, 0.15) is 0 Å². The van der Waals surface area contributed by atoms with Gasteiger partial charge in [-0.05, 0) is 46.0 Å². The number of benzene rings is 7. The third-order valence-electron chi connectivity index (χ3n) is 8.95. The largest absolute Gasteiger partial charge is 0.208 e. The first-order chi connectivity index (χ1) is 24.3. The highest BCUT2D eigenvalue weighted by Crippen LogP contribution is 2.45. The molecule has 0 amide bonds. The van der Waals surface area contributed by atoms with E-state index in [9.17, 15) is 0 Å². The number of hydrogen-bond donors (Lipinski definition) is 0. The van der Waals surface area contributed by atoms with Crippen LogP contribution in [-0.4, -0.2) is 15.0 Å². The smallest absolute Gasteiger partial charge is 0.165 e. The molecule has 2 aromatic heterocycles. The van der Waals surface area contributed by atoms with Crippen molar-refractivity contribution in [1.29, 1.82) is 0 Å². The minimum Gasteiger partial charge on any atom is -0.208 e. The van der Waals surface area contributed by atoms with E-state index < -0.39 is 0 Å². The highest BCUT2D eigenvalue weighted by molar-refractivity contribution is 7.26. The summed E-state index contributed by atoms with van der Waals surface area (Å²) in [6.07, 6.45) is 0. The standard InChI is InChI=1S/C45H29N3S/c1-5-14-30(15-6-1)31-24-26-32(27-25-31)36-28-39(33-16-7-2-8-17-33)42-40(29-36)37-22-13-23-38(41(37)49-42)45-47-43(34-18-9-3-10-19-34)46-44(48-45)35-20-11-4-12-21-35/h1-29H. The molecular weight excluding hydrogens is 615 g/mol. The molecule has 0 N–H and O–H groups in total. The second kappa shape index (κ2) is 12.4. The van der Waals surface area contributed by atoms with E-state index in [-0.39, 0.29) is 0 Å². The van der Waals surface area contributed by atoms with Gasteiger partial charge >= 0.3 is 0 Å². The predicted molar refractivity (Wildman–Crippen MR) is 205 cm³/mol. The first-order valence-electron chi connectivity index (χ1n) is 16.4. The van der Waals surface area contributed by atoms with Crippen molar-refractivity contribution in [2.24, 2.45) is 0 Å². The molecule has 9 rings (SSSR count). The molecule has 0 aliphatic rings. The van der Waals surface area contributed by atoms with Crippen molar-refractivity contribution in [1.82, 2.24) is 15.0 Å². The minimum absolute atomic E-state index is 0.661. The quantitative estimate of drug-likeness (QED) is 0.181. The molecule has 0 saturated heterocycles. The van der Waals surface area contributed by atoms with Crippen LogP contribution >= 0.6 is 11.3 Å². The van der Waals surface area contributed by atoms with E-state index in [0.717, 1.165) is 21.4 Å². The summed E-state index contributed by atoms with van der Waals surface area (Å²) < 4.78 is 2.41. The molecule has 0 atom stereocenters. The van der Waals surface area contributed by atoms with Crippen molar-refractivity contribution in [3.05, 3.63) is 176 Å². The Morgan fingerprint density at radius 2 is 0.735 bits per heavy atom. The van der Waals surface area contributed by atoms with E-state index in [1.54, 1.807) is 0 Å². The lowest BCUT2D eigenvalue weighted by atomic mass is 9.94. The molecule has 49 heavy (non-hydrogen) atoms. The van der Waals surface area contributed by atoms with Crippen LogP contribution in [0, 0.1) is 0 Å². The Hall–Kier alpha value is -6.23. The topological polar surface area (TPSA) is 38.7 Å². The van der Waals surface area contributed by atoms with Gasteiger partial charge in [-0.1, -0.05) is 158 Å². The molecule has 0 bridgehead atoms. The Bertz CT molecular complexity index is 2500. The highest BCUT2D eigenvalue weighted by atomic mass is 32.1. The fraction of sp³-hybridized carbons (Fsp3) is 0. The van der Waals surface area contributed by atoms with Gasteiger partial charge in [-0.2, -0.15) is 0 Å². The number of rotatable bonds is 6. The van der Waals surface area contributed by atoms with Crippen LogP contribution in [0.15, 0.2) is 176 Å². The van der Waals surface area contributed by atoms with Crippen LogP contribution in [0.3, 0.4) is 0 Å². The maximum Gasteiger partial charge on any atom is 0.165 e. The molecule has 0 spiro atoms. The first kappa shape index (κ1) is 29.0. The van der Waals surface area contributed by atoms with Crippen molar-refractivity contribution in [2.75, 3.05) is 0 Å². The summed E-state index contributed by atoms with van der Waals surface area (Å²) in [6, 6.07) is 61.6. The van der Waals surface area contributed by atoms with E-state index in [1.807, 2.05) is 72.0 Å².